The Bertz CT molecular complexity index is 292. The van der Waals surface area contributed by atoms with Crippen molar-refractivity contribution in [1.29, 1.82) is 0 Å². The minimum Gasteiger partial charge on any atom is -0.377 e. The maximum Gasteiger partial charge on any atom is 0.122 e. The minimum atomic E-state index is 0.402. The molecule has 1 aromatic heterocycles. The molecular formula is C11H19N3O. The lowest BCUT2D eigenvalue weighted by Gasteiger charge is -2.22. The summed E-state index contributed by atoms with van der Waals surface area (Å²) in [6, 6.07) is 0. The monoisotopic (exact) mass is 209 g/mol. The lowest BCUT2D eigenvalue weighted by molar-refractivity contribution is 0.0167. The van der Waals surface area contributed by atoms with Gasteiger partial charge in [0.1, 0.15) is 5.82 Å². The first-order valence-electron chi connectivity index (χ1n) is 5.65. The van der Waals surface area contributed by atoms with Crippen LogP contribution in [-0.2, 0) is 18.3 Å². The first-order chi connectivity index (χ1) is 7.36. The smallest absolute Gasteiger partial charge is 0.122 e. The molecule has 0 saturated carbocycles. The summed E-state index contributed by atoms with van der Waals surface area (Å²) in [7, 11) is 2.02. The summed E-state index contributed by atoms with van der Waals surface area (Å²) in [5, 5.41) is 3.39. The van der Waals surface area contributed by atoms with Gasteiger partial charge in [0.2, 0.25) is 0 Å². The van der Waals surface area contributed by atoms with Gasteiger partial charge in [0, 0.05) is 32.6 Å². The standard InChI is InChI=1S/C11H19N3O/c1-14-6-5-13-11(14)9-12-8-10-4-2-3-7-15-10/h5-6,10,12H,2-4,7-9H2,1H3. The Balaban J connectivity index is 1.68. The van der Waals surface area contributed by atoms with Gasteiger partial charge in [-0.15, -0.1) is 0 Å². The highest BCUT2D eigenvalue weighted by atomic mass is 16.5. The summed E-state index contributed by atoms with van der Waals surface area (Å²) in [6.07, 6.45) is 7.90. The van der Waals surface area contributed by atoms with Crippen LogP contribution in [0.5, 0.6) is 0 Å². The van der Waals surface area contributed by atoms with E-state index in [1.54, 1.807) is 0 Å². The fourth-order valence-electron chi connectivity index (χ4n) is 1.88. The van der Waals surface area contributed by atoms with E-state index in [1.165, 1.54) is 19.3 Å². The Hall–Kier alpha value is -0.870. The van der Waals surface area contributed by atoms with E-state index < -0.39 is 0 Å². The second kappa shape index (κ2) is 5.28. The van der Waals surface area contributed by atoms with Gasteiger partial charge in [-0.3, -0.25) is 0 Å². The number of aromatic nitrogens is 2. The second-order valence-electron chi connectivity index (χ2n) is 4.07. The van der Waals surface area contributed by atoms with Crippen molar-refractivity contribution in [3.8, 4) is 0 Å². The molecule has 4 heteroatoms. The molecule has 0 bridgehead atoms. The molecule has 2 heterocycles. The number of rotatable bonds is 4. The molecule has 1 aromatic rings. The molecule has 0 spiro atoms. The Morgan fingerprint density at radius 2 is 2.53 bits per heavy atom. The average molecular weight is 209 g/mol. The highest BCUT2D eigenvalue weighted by molar-refractivity contribution is 4.90. The molecule has 0 amide bonds. The Labute approximate surface area is 90.6 Å². The van der Waals surface area contributed by atoms with Crippen LogP contribution in [0.2, 0.25) is 0 Å². The van der Waals surface area contributed by atoms with Crippen molar-refractivity contribution in [2.75, 3.05) is 13.2 Å². The maximum atomic E-state index is 5.64. The van der Waals surface area contributed by atoms with Gasteiger partial charge in [-0.25, -0.2) is 4.98 Å². The highest BCUT2D eigenvalue weighted by Gasteiger charge is 2.13. The number of aryl methyl sites for hydroxylation is 1. The zero-order valence-electron chi connectivity index (χ0n) is 9.28. The van der Waals surface area contributed by atoms with Gasteiger partial charge in [-0.1, -0.05) is 0 Å². The number of hydrogen-bond acceptors (Lipinski definition) is 3. The summed E-state index contributed by atoms with van der Waals surface area (Å²) in [4.78, 5) is 4.26. The van der Waals surface area contributed by atoms with Crippen LogP contribution < -0.4 is 5.32 Å². The third kappa shape index (κ3) is 3.04. The Kier molecular flexibility index (Phi) is 3.75. The first kappa shape index (κ1) is 10.6. The average Bonchev–Trinajstić information content (AvgIpc) is 2.66. The number of nitrogens with zero attached hydrogens (tertiary/aromatic N) is 2. The lowest BCUT2D eigenvalue weighted by atomic mass is 10.1. The summed E-state index contributed by atoms with van der Waals surface area (Å²) in [5.74, 6) is 1.07. The number of imidazole rings is 1. The van der Waals surface area contributed by atoms with E-state index in [0.29, 0.717) is 6.10 Å². The number of hydrogen-bond donors (Lipinski definition) is 1. The molecule has 1 atom stereocenters. The molecular weight excluding hydrogens is 190 g/mol. The highest BCUT2D eigenvalue weighted by Crippen LogP contribution is 2.11. The van der Waals surface area contributed by atoms with E-state index in [-0.39, 0.29) is 0 Å². The van der Waals surface area contributed by atoms with Crippen molar-refractivity contribution >= 4 is 0 Å². The molecule has 1 fully saturated rings. The third-order valence-electron chi connectivity index (χ3n) is 2.85. The van der Waals surface area contributed by atoms with Gasteiger partial charge in [-0.2, -0.15) is 0 Å². The zero-order valence-corrected chi connectivity index (χ0v) is 9.28. The van der Waals surface area contributed by atoms with Gasteiger partial charge in [-0.05, 0) is 19.3 Å². The van der Waals surface area contributed by atoms with E-state index in [2.05, 4.69) is 10.3 Å². The summed E-state index contributed by atoms with van der Waals surface area (Å²) in [5.41, 5.74) is 0. The minimum absolute atomic E-state index is 0.402. The predicted octanol–water partition coefficient (Wildman–Crippen LogP) is 1.08. The molecule has 4 nitrogen and oxygen atoms in total. The van der Waals surface area contributed by atoms with Crippen LogP contribution in [0.15, 0.2) is 12.4 Å². The molecule has 0 aromatic carbocycles. The van der Waals surface area contributed by atoms with Crippen LogP contribution in [0.4, 0.5) is 0 Å². The van der Waals surface area contributed by atoms with Crippen LogP contribution in [0.25, 0.3) is 0 Å². The molecule has 15 heavy (non-hydrogen) atoms. The first-order valence-corrected chi connectivity index (χ1v) is 5.65. The SMILES string of the molecule is Cn1ccnc1CNCC1CCCCO1. The predicted molar refractivity (Wildman–Crippen MR) is 58.5 cm³/mol. The molecule has 1 saturated heterocycles. The lowest BCUT2D eigenvalue weighted by Crippen LogP contribution is -2.32. The molecule has 0 radical (unpaired) electrons. The summed E-state index contributed by atoms with van der Waals surface area (Å²) < 4.78 is 7.67. The summed E-state index contributed by atoms with van der Waals surface area (Å²) >= 11 is 0. The van der Waals surface area contributed by atoms with Gasteiger partial charge in [0.05, 0.1) is 12.6 Å². The molecule has 1 aliphatic heterocycles. The fourth-order valence-corrected chi connectivity index (χ4v) is 1.88. The number of nitrogens with one attached hydrogen (secondary N) is 1. The van der Waals surface area contributed by atoms with Crippen molar-refractivity contribution in [2.24, 2.45) is 7.05 Å². The normalized spacial score (nSPS) is 21.8. The third-order valence-corrected chi connectivity index (χ3v) is 2.85. The number of ether oxygens (including phenoxy) is 1. The Morgan fingerprint density at radius 3 is 3.20 bits per heavy atom. The molecule has 1 aliphatic rings. The second-order valence-corrected chi connectivity index (χ2v) is 4.07. The van der Waals surface area contributed by atoms with E-state index in [4.69, 9.17) is 4.74 Å². The van der Waals surface area contributed by atoms with E-state index >= 15 is 0 Å². The van der Waals surface area contributed by atoms with Gasteiger partial charge in [0.15, 0.2) is 0 Å². The Morgan fingerprint density at radius 1 is 1.60 bits per heavy atom. The van der Waals surface area contributed by atoms with Crippen molar-refractivity contribution in [1.82, 2.24) is 14.9 Å². The summed E-state index contributed by atoms with van der Waals surface area (Å²) in [6.45, 7) is 2.69. The largest absolute Gasteiger partial charge is 0.377 e. The molecule has 1 N–H and O–H groups in total. The van der Waals surface area contributed by atoms with E-state index in [9.17, 15) is 0 Å². The molecule has 0 aliphatic carbocycles. The van der Waals surface area contributed by atoms with Crippen molar-refractivity contribution in [2.45, 2.75) is 31.9 Å². The van der Waals surface area contributed by atoms with Crippen molar-refractivity contribution in [3.63, 3.8) is 0 Å². The molecule has 2 rings (SSSR count). The van der Waals surface area contributed by atoms with Crippen LogP contribution in [-0.4, -0.2) is 28.8 Å². The quantitative estimate of drug-likeness (QED) is 0.806. The van der Waals surface area contributed by atoms with Crippen LogP contribution in [0, 0.1) is 0 Å². The van der Waals surface area contributed by atoms with E-state index in [1.807, 2.05) is 24.0 Å². The van der Waals surface area contributed by atoms with Crippen molar-refractivity contribution < 1.29 is 4.74 Å². The molecule has 1 unspecified atom stereocenters. The topological polar surface area (TPSA) is 39.1 Å². The maximum absolute atomic E-state index is 5.64. The van der Waals surface area contributed by atoms with Crippen LogP contribution in [0.1, 0.15) is 25.1 Å². The van der Waals surface area contributed by atoms with Gasteiger partial charge >= 0.3 is 0 Å². The van der Waals surface area contributed by atoms with Gasteiger partial charge in [0.25, 0.3) is 0 Å². The van der Waals surface area contributed by atoms with Crippen LogP contribution >= 0.6 is 0 Å². The zero-order chi connectivity index (χ0) is 10.5. The van der Waals surface area contributed by atoms with Crippen molar-refractivity contribution in [3.05, 3.63) is 18.2 Å². The van der Waals surface area contributed by atoms with Crippen LogP contribution in [0.3, 0.4) is 0 Å². The van der Waals surface area contributed by atoms with E-state index in [0.717, 1.165) is 25.5 Å². The fraction of sp³-hybridized carbons (Fsp3) is 0.727. The van der Waals surface area contributed by atoms with Gasteiger partial charge < -0.3 is 14.6 Å². The molecule has 84 valence electrons.